The largest absolute Gasteiger partial charge is 0.424 e. The smallest absolute Gasteiger partial charge is 0.324 e. The summed E-state index contributed by atoms with van der Waals surface area (Å²) >= 11 is 0. The second-order valence-corrected chi connectivity index (χ2v) is 9.30. The third kappa shape index (κ3) is 3.35. The van der Waals surface area contributed by atoms with Crippen LogP contribution in [0.5, 0.6) is 11.8 Å². The molecule has 1 spiro atoms. The second-order valence-electron chi connectivity index (χ2n) is 9.30. The zero-order chi connectivity index (χ0) is 23.4. The normalized spacial score (nSPS) is 19.0. The molecule has 3 aliphatic rings. The Hall–Kier alpha value is -3.72. The highest BCUT2D eigenvalue weighted by Crippen LogP contribution is 2.54. The fourth-order valence-electron chi connectivity index (χ4n) is 5.26. The molecule has 8 nitrogen and oxygen atoms in total. The fraction of sp³-hybridized carbons (Fsp3) is 0.320. The van der Waals surface area contributed by atoms with Crippen LogP contribution in [-0.4, -0.2) is 42.6 Å². The van der Waals surface area contributed by atoms with Crippen LogP contribution in [-0.2, 0) is 11.2 Å². The number of benzene rings is 2. The fourth-order valence-corrected chi connectivity index (χ4v) is 5.26. The molecule has 1 saturated heterocycles. The molecule has 1 aromatic heterocycles. The first-order valence-electron chi connectivity index (χ1n) is 11.4. The van der Waals surface area contributed by atoms with Crippen LogP contribution in [0, 0.1) is 11.2 Å². The number of halogens is 1. The van der Waals surface area contributed by atoms with Crippen LogP contribution >= 0.6 is 0 Å². The van der Waals surface area contributed by atoms with Crippen LogP contribution in [0.1, 0.15) is 24.1 Å². The van der Waals surface area contributed by atoms with Crippen LogP contribution in [0.3, 0.4) is 0 Å². The Morgan fingerprint density at radius 2 is 2.12 bits per heavy atom. The third-order valence-corrected chi connectivity index (χ3v) is 7.21. The van der Waals surface area contributed by atoms with Crippen LogP contribution in [0.4, 0.5) is 21.6 Å². The molecule has 1 saturated carbocycles. The number of carbonyl (C=O) groups excluding carboxylic acids is 1. The van der Waals surface area contributed by atoms with Crippen molar-refractivity contribution in [2.24, 2.45) is 11.1 Å². The number of hydrogen-bond acceptors (Lipinski definition) is 7. The molecule has 2 aliphatic carbocycles. The Balaban J connectivity index is 1.45. The number of nitrogens with one attached hydrogen (secondary N) is 2. The van der Waals surface area contributed by atoms with Crippen molar-refractivity contribution in [1.29, 1.82) is 0 Å². The summed E-state index contributed by atoms with van der Waals surface area (Å²) in [5.74, 6) is 0.929. The molecule has 1 amide bonds. The molecule has 3 aromatic rings. The lowest BCUT2D eigenvalue weighted by Crippen LogP contribution is -2.30. The lowest BCUT2D eigenvalue weighted by molar-refractivity contribution is -0.105. The van der Waals surface area contributed by atoms with E-state index in [1.165, 1.54) is 6.07 Å². The molecule has 6 rings (SSSR count). The topological polar surface area (TPSA) is 105 Å². The van der Waals surface area contributed by atoms with Crippen molar-refractivity contribution in [2.75, 3.05) is 35.7 Å². The molecule has 2 aromatic carbocycles. The van der Waals surface area contributed by atoms with Gasteiger partial charge in [-0.15, -0.1) is 0 Å². The number of rotatable bonds is 6. The van der Waals surface area contributed by atoms with E-state index in [2.05, 4.69) is 15.5 Å². The van der Waals surface area contributed by atoms with Crippen LogP contribution in [0.15, 0.2) is 36.4 Å². The number of hydrogen-bond donors (Lipinski definition) is 3. The summed E-state index contributed by atoms with van der Waals surface area (Å²) in [5.41, 5.74) is 11.4. The molecule has 174 valence electrons. The van der Waals surface area contributed by atoms with Crippen molar-refractivity contribution < 1.29 is 13.9 Å². The number of nitrogens with zero attached hydrogens (tertiary/aromatic N) is 3. The van der Waals surface area contributed by atoms with Crippen molar-refractivity contribution >= 4 is 23.6 Å². The van der Waals surface area contributed by atoms with E-state index < -0.39 is 0 Å². The Kier molecular flexibility index (Phi) is 4.70. The molecule has 9 heteroatoms. The van der Waals surface area contributed by atoms with Gasteiger partial charge < -0.3 is 26.0 Å². The molecule has 0 unspecified atom stereocenters. The Labute approximate surface area is 196 Å². The summed E-state index contributed by atoms with van der Waals surface area (Å²) in [6, 6.07) is 10.4. The molecule has 1 aliphatic heterocycles. The minimum Gasteiger partial charge on any atom is -0.424 e. The van der Waals surface area contributed by atoms with E-state index in [1.54, 1.807) is 37.4 Å². The maximum Gasteiger partial charge on any atom is 0.324 e. The summed E-state index contributed by atoms with van der Waals surface area (Å²) < 4.78 is 20.5. The first-order valence-corrected chi connectivity index (χ1v) is 11.4. The monoisotopic (exact) mass is 460 g/mol. The molecule has 0 bridgehead atoms. The Bertz CT molecular complexity index is 1310. The van der Waals surface area contributed by atoms with E-state index in [1.807, 2.05) is 0 Å². The third-order valence-electron chi connectivity index (χ3n) is 7.21. The maximum atomic E-state index is 14.5. The first-order chi connectivity index (χ1) is 16.5. The predicted octanol–water partition coefficient (Wildman–Crippen LogP) is 3.52. The molecule has 2 fully saturated rings. The van der Waals surface area contributed by atoms with Gasteiger partial charge in [0.25, 0.3) is 0 Å². The standard InChI is InChI=1S/C25H25FN6O2/c1-28-19-8-14(26)7-18-17(19)10-20-22(18)23(32-11-21(27)25(12-32)5-6-25)31-24(30-20)34-16-4-2-3-15(9-16)29-13-33/h2-4,7-9,13,21,28H,5-6,10-12,27H2,1H3,(H,29,33)/t21-/m0/s1. The Morgan fingerprint density at radius 3 is 2.85 bits per heavy atom. The van der Waals surface area contributed by atoms with E-state index in [-0.39, 0.29) is 23.3 Å². The van der Waals surface area contributed by atoms with Gasteiger partial charge in [0, 0.05) is 61.0 Å². The van der Waals surface area contributed by atoms with Gasteiger partial charge in [-0.1, -0.05) is 6.07 Å². The van der Waals surface area contributed by atoms with Crippen LogP contribution in [0.25, 0.3) is 11.1 Å². The van der Waals surface area contributed by atoms with Gasteiger partial charge in [-0.25, -0.2) is 4.39 Å². The maximum absolute atomic E-state index is 14.5. The lowest BCUT2D eigenvalue weighted by atomic mass is 10.0. The average Bonchev–Trinajstić information content (AvgIpc) is 3.41. The van der Waals surface area contributed by atoms with Crippen LogP contribution in [0.2, 0.25) is 0 Å². The Morgan fingerprint density at radius 1 is 1.26 bits per heavy atom. The number of carbonyl (C=O) groups is 1. The highest BCUT2D eigenvalue weighted by atomic mass is 19.1. The van der Waals surface area contributed by atoms with E-state index in [9.17, 15) is 9.18 Å². The molecule has 34 heavy (non-hydrogen) atoms. The first kappa shape index (κ1) is 20.9. The molecule has 1 atom stereocenters. The van der Waals surface area contributed by atoms with Crippen molar-refractivity contribution in [2.45, 2.75) is 25.3 Å². The van der Waals surface area contributed by atoms with Gasteiger partial charge >= 0.3 is 6.01 Å². The van der Waals surface area contributed by atoms with E-state index in [0.29, 0.717) is 30.8 Å². The SMILES string of the molecule is CNc1cc(F)cc2c1Cc1nc(Oc3cccc(NC=O)c3)nc(N3C[C@H](N)C4(CC4)C3)c1-2. The molecule has 4 N–H and O–H groups in total. The van der Waals surface area contributed by atoms with Crippen molar-refractivity contribution in [3.63, 3.8) is 0 Å². The summed E-state index contributed by atoms with van der Waals surface area (Å²) in [7, 11) is 1.79. The summed E-state index contributed by atoms with van der Waals surface area (Å²) in [6.45, 7) is 1.50. The van der Waals surface area contributed by atoms with Crippen LogP contribution < -0.4 is 26.0 Å². The number of amides is 1. The number of fused-ring (bicyclic) bond motifs is 3. The zero-order valence-corrected chi connectivity index (χ0v) is 18.8. The number of anilines is 3. The number of ether oxygens (including phenoxy) is 1. The van der Waals surface area contributed by atoms with Crippen molar-refractivity contribution in [1.82, 2.24) is 9.97 Å². The zero-order valence-electron chi connectivity index (χ0n) is 18.8. The van der Waals surface area contributed by atoms with Gasteiger partial charge in [0.05, 0.1) is 5.69 Å². The number of nitrogens with two attached hydrogens (primary N) is 1. The van der Waals surface area contributed by atoms with Gasteiger partial charge in [-0.3, -0.25) is 4.79 Å². The quantitative estimate of drug-likeness (QED) is 0.378. The van der Waals surface area contributed by atoms with Gasteiger partial charge in [0.2, 0.25) is 6.41 Å². The molecular formula is C25H25FN6O2. The molecule has 2 heterocycles. The van der Waals surface area contributed by atoms with E-state index >= 15 is 0 Å². The minimum absolute atomic E-state index is 0.0785. The summed E-state index contributed by atoms with van der Waals surface area (Å²) in [5, 5.41) is 5.72. The summed E-state index contributed by atoms with van der Waals surface area (Å²) in [4.78, 5) is 22.5. The summed E-state index contributed by atoms with van der Waals surface area (Å²) in [6.07, 6.45) is 3.40. The van der Waals surface area contributed by atoms with Gasteiger partial charge in [-0.05, 0) is 48.2 Å². The van der Waals surface area contributed by atoms with E-state index in [4.69, 9.17) is 20.4 Å². The lowest BCUT2D eigenvalue weighted by Gasteiger charge is -2.21. The van der Waals surface area contributed by atoms with Crippen molar-refractivity contribution in [3.05, 3.63) is 53.5 Å². The van der Waals surface area contributed by atoms with E-state index in [0.717, 1.165) is 53.3 Å². The van der Waals surface area contributed by atoms with Gasteiger partial charge in [0.15, 0.2) is 0 Å². The predicted molar refractivity (Wildman–Crippen MR) is 128 cm³/mol. The highest BCUT2D eigenvalue weighted by molar-refractivity contribution is 5.88. The number of aromatic nitrogens is 2. The molecular weight excluding hydrogens is 435 g/mol. The van der Waals surface area contributed by atoms with Gasteiger partial charge in [-0.2, -0.15) is 9.97 Å². The average molecular weight is 461 g/mol. The second kappa shape index (κ2) is 7.66. The highest BCUT2D eigenvalue weighted by Gasteiger charge is 2.54. The van der Waals surface area contributed by atoms with Gasteiger partial charge in [0.1, 0.15) is 17.4 Å². The minimum atomic E-state index is -0.307. The molecule has 0 radical (unpaired) electrons. The van der Waals surface area contributed by atoms with Crippen molar-refractivity contribution in [3.8, 4) is 22.9 Å².